The summed E-state index contributed by atoms with van der Waals surface area (Å²) in [4.78, 5) is 25.2. The van der Waals surface area contributed by atoms with Gasteiger partial charge in [0.25, 0.3) is 0 Å². The molecule has 0 bridgehead atoms. The minimum absolute atomic E-state index is 0.103. The number of rotatable bonds is 6. The summed E-state index contributed by atoms with van der Waals surface area (Å²) >= 11 is 6.69. The largest absolute Gasteiger partial charge is 0.462 e. The van der Waals surface area contributed by atoms with Crippen LogP contribution in [-0.4, -0.2) is 30.3 Å². The van der Waals surface area contributed by atoms with Gasteiger partial charge in [0.15, 0.2) is 5.11 Å². The molecule has 1 aromatic carbocycles. The van der Waals surface area contributed by atoms with E-state index in [1.807, 2.05) is 6.07 Å². The van der Waals surface area contributed by atoms with Crippen molar-refractivity contribution in [2.24, 2.45) is 0 Å². The van der Waals surface area contributed by atoms with Crippen molar-refractivity contribution in [2.45, 2.75) is 46.1 Å². The first kappa shape index (κ1) is 22.2. The fourth-order valence-corrected chi connectivity index (χ4v) is 5.05. The maximum atomic E-state index is 12.5. The summed E-state index contributed by atoms with van der Waals surface area (Å²) in [7, 11) is 0. The van der Waals surface area contributed by atoms with Gasteiger partial charge in [-0.15, -0.1) is 11.3 Å². The first-order valence-electron chi connectivity index (χ1n) is 10.1. The summed E-state index contributed by atoms with van der Waals surface area (Å²) in [6.45, 7) is 5.70. The van der Waals surface area contributed by atoms with E-state index >= 15 is 0 Å². The lowest BCUT2D eigenvalue weighted by molar-refractivity contribution is 0.0527. The summed E-state index contributed by atoms with van der Waals surface area (Å²) in [6, 6.07) is 8.45. The van der Waals surface area contributed by atoms with E-state index in [1.54, 1.807) is 20.8 Å². The molecular weight excluding hydrogens is 420 g/mol. The topological polar surface area (TPSA) is 76.7 Å². The molecule has 2 aromatic rings. The summed E-state index contributed by atoms with van der Waals surface area (Å²) in [5, 5.41) is 7.36. The molecule has 1 aromatic heterocycles. The number of benzene rings is 1. The lowest BCUT2D eigenvalue weighted by Gasteiger charge is -2.27. The van der Waals surface area contributed by atoms with E-state index in [2.05, 4.69) is 28.8 Å². The molecule has 30 heavy (non-hydrogen) atoms. The molecule has 0 amide bonds. The van der Waals surface area contributed by atoms with Crippen LogP contribution in [-0.2, 0) is 15.9 Å². The second kappa shape index (κ2) is 10.0. The molecule has 6 nitrogen and oxygen atoms in total. The Kier molecular flexibility index (Phi) is 7.44. The van der Waals surface area contributed by atoms with Crippen molar-refractivity contribution >= 4 is 45.6 Å². The molecule has 1 atom stereocenters. The number of anilines is 1. The maximum Gasteiger partial charge on any atom is 0.348 e. The third-order valence-corrected chi connectivity index (χ3v) is 6.40. The van der Waals surface area contributed by atoms with Gasteiger partial charge in [0.2, 0.25) is 0 Å². The van der Waals surface area contributed by atoms with Crippen molar-refractivity contribution in [3.05, 3.63) is 51.4 Å². The fourth-order valence-electron chi connectivity index (χ4n) is 3.64. The monoisotopic (exact) mass is 446 g/mol. The molecule has 0 spiro atoms. The molecule has 1 heterocycles. The molecule has 0 saturated carbocycles. The minimum atomic E-state index is -0.491. The molecule has 0 fully saturated rings. The first-order chi connectivity index (χ1) is 14.5. The van der Waals surface area contributed by atoms with Gasteiger partial charge in [0.05, 0.1) is 24.8 Å². The number of thiocarbonyl (C=S) groups is 1. The van der Waals surface area contributed by atoms with E-state index < -0.39 is 11.9 Å². The average molecular weight is 447 g/mol. The van der Waals surface area contributed by atoms with Crippen LogP contribution in [0.15, 0.2) is 24.3 Å². The zero-order valence-electron chi connectivity index (χ0n) is 17.4. The SMILES string of the molecule is CCOC(=O)c1sc(NC(=S)N[C@@H]2CCCc3ccccc32)c(C(=O)OCC)c1C. The second-order valence-corrected chi connectivity index (χ2v) is 8.37. The Morgan fingerprint density at radius 3 is 2.60 bits per heavy atom. The van der Waals surface area contributed by atoms with Gasteiger partial charge in [-0.1, -0.05) is 24.3 Å². The molecule has 0 unspecified atom stereocenters. The van der Waals surface area contributed by atoms with Crippen LogP contribution >= 0.6 is 23.6 Å². The summed E-state index contributed by atoms with van der Waals surface area (Å²) in [5.74, 6) is -0.950. The number of esters is 2. The Morgan fingerprint density at radius 2 is 1.87 bits per heavy atom. The number of carbonyl (C=O) groups excluding carboxylic acids is 2. The lowest BCUT2D eigenvalue weighted by atomic mass is 9.88. The van der Waals surface area contributed by atoms with E-state index in [9.17, 15) is 9.59 Å². The van der Waals surface area contributed by atoms with Gasteiger partial charge in [0.1, 0.15) is 9.88 Å². The van der Waals surface area contributed by atoms with Crippen molar-refractivity contribution in [1.29, 1.82) is 0 Å². The maximum absolute atomic E-state index is 12.5. The van der Waals surface area contributed by atoms with Gasteiger partial charge in [-0.25, -0.2) is 9.59 Å². The van der Waals surface area contributed by atoms with Crippen LogP contribution in [0.3, 0.4) is 0 Å². The van der Waals surface area contributed by atoms with Crippen LogP contribution in [0.1, 0.15) is 69.5 Å². The molecule has 3 rings (SSSR count). The lowest BCUT2D eigenvalue weighted by Crippen LogP contribution is -2.34. The molecule has 160 valence electrons. The average Bonchev–Trinajstić information content (AvgIpc) is 3.04. The Morgan fingerprint density at radius 1 is 1.17 bits per heavy atom. The zero-order chi connectivity index (χ0) is 21.7. The number of carbonyl (C=O) groups is 2. The first-order valence-corrected chi connectivity index (χ1v) is 11.3. The zero-order valence-corrected chi connectivity index (χ0v) is 19.0. The number of aryl methyl sites for hydroxylation is 1. The van der Waals surface area contributed by atoms with Crippen LogP contribution in [0.5, 0.6) is 0 Å². The van der Waals surface area contributed by atoms with Gasteiger partial charge in [0, 0.05) is 0 Å². The van der Waals surface area contributed by atoms with E-state index in [0.717, 1.165) is 30.6 Å². The number of thiophene rings is 1. The van der Waals surface area contributed by atoms with Crippen molar-refractivity contribution in [3.63, 3.8) is 0 Å². The summed E-state index contributed by atoms with van der Waals surface area (Å²) in [6.07, 6.45) is 3.12. The van der Waals surface area contributed by atoms with Gasteiger partial charge in [-0.05, 0) is 68.9 Å². The number of nitrogens with one attached hydrogen (secondary N) is 2. The molecule has 8 heteroatoms. The molecule has 1 aliphatic rings. The predicted molar refractivity (Wildman–Crippen MR) is 122 cm³/mol. The second-order valence-electron chi connectivity index (χ2n) is 6.94. The van der Waals surface area contributed by atoms with Gasteiger partial charge in [-0.3, -0.25) is 0 Å². The van der Waals surface area contributed by atoms with E-state index in [0.29, 0.717) is 26.1 Å². The molecular formula is C22H26N2O4S2. The van der Waals surface area contributed by atoms with Crippen LogP contribution < -0.4 is 10.6 Å². The standard InChI is InChI=1S/C22H26N2O4S2/c1-4-27-20(25)17-13(3)18(21(26)28-5-2)30-19(17)24-22(29)23-16-12-8-10-14-9-6-7-11-15(14)16/h6-7,9,11,16H,4-5,8,10,12H2,1-3H3,(H2,23,24,29)/t16-/m1/s1. The molecule has 0 radical (unpaired) electrons. The third kappa shape index (κ3) is 4.82. The fraction of sp³-hybridized carbons (Fsp3) is 0.409. The Bertz CT molecular complexity index is 955. The summed E-state index contributed by atoms with van der Waals surface area (Å²) in [5.41, 5.74) is 3.42. The Labute approximate surface area is 186 Å². The van der Waals surface area contributed by atoms with E-state index in [-0.39, 0.29) is 19.3 Å². The van der Waals surface area contributed by atoms with Gasteiger partial charge in [-0.2, -0.15) is 0 Å². The number of fused-ring (bicyclic) bond motifs is 1. The smallest absolute Gasteiger partial charge is 0.348 e. The van der Waals surface area contributed by atoms with Gasteiger partial charge < -0.3 is 20.1 Å². The van der Waals surface area contributed by atoms with Crippen LogP contribution in [0.25, 0.3) is 0 Å². The predicted octanol–water partition coefficient (Wildman–Crippen LogP) is 4.77. The molecule has 1 aliphatic carbocycles. The van der Waals surface area contributed by atoms with E-state index in [1.165, 1.54) is 11.1 Å². The van der Waals surface area contributed by atoms with Crippen molar-refractivity contribution in [3.8, 4) is 0 Å². The van der Waals surface area contributed by atoms with E-state index in [4.69, 9.17) is 21.7 Å². The number of hydrogen-bond donors (Lipinski definition) is 2. The summed E-state index contributed by atoms with van der Waals surface area (Å²) < 4.78 is 10.3. The Balaban J connectivity index is 1.83. The molecule has 0 aliphatic heterocycles. The number of ether oxygens (including phenoxy) is 2. The molecule has 0 saturated heterocycles. The van der Waals surface area contributed by atoms with Crippen LogP contribution in [0.4, 0.5) is 5.00 Å². The van der Waals surface area contributed by atoms with Crippen LogP contribution in [0, 0.1) is 6.92 Å². The highest BCUT2D eigenvalue weighted by Crippen LogP contribution is 2.35. The highest BCUT2D eigenvalue weighted by atomic mass is 32.1. The van der Waals surface area contributed by atoms with Crippen molar-refractivity contribution in [1.82, 2.24) is 5.32 Å². The normalized spacial score (nSPS) is 15.1. The van der Waals surface area contributed by atoms with Crippen LogP contribution in [0.2, 0.25) is 0 Å². The third-order valence-electron chi connectivity index (χ3n) is 4.99. The quantitative estimate of drug-likeness (QED) is 0.489. The molecule has 2 N–H and O–H groups in total. The Hall–Kier alpha value is -2.45. The van der Waals surface area contributed by atoms with Crippen molar-refractivity contribution < 1.29 is 19.1 Å². The number of hydrogen-bond acceptors (Lipinski definition) is 6. The van der Waals surface area contributed by atoms with Crippen molar-refractivity contribution in [2.75, 3.05) is 18.5 Å². The van der Waals surface area contributed by atoms with Gasteiger partial charge >= 0.3 is 11.9 Å². The minimum Gasteiger partial charge on any atom is -0.462 e. The highest BCUT2D eigenvalue weighted by molar-refractivity contribution is 7.80. The highest BCUT2D eigenvalue weighted by Gasteiger charge is 2.27.